The molecule has 0 aliphatic carbocycles. The van der Waals surface area contributed by atoms with Crippen LogP contribution >= 0.6 is 11.6 Å². The molecule has 0 spiro atoms. The summed E-state index contributed by atoms with van der Waals surface area (Å²) in [6.07, 6.45) is 1.61. The molecule has 3 aromatic rings. The Morgan fingerprint density at radius 2 is 1.96 bits per heavy atom. The van der Waals surface area contributed by atoms with Crippen LogP contribution in [0, 0.1) is 5.82 Å². The number of H-pyrrole nitrogens is 1. The Balaban J connectivity index is 1.46. The number of fused-ring (bicyclic) bond motifs is 1. The van der Waals surface area contributed by atoms with Gasteiger partial charge in [-0.15, -0.1) is 0 Å². The Labute approximate surface area is 149 Å². The molecule has 2 heterocycles. The van der Waals surface area contributed by atoms with Crippen molar-refractivity contribution in [1.29, 1.82) is 0 Å². The first kappa shape index (κ1) is 16.1. The lowest BCUT2D eigenvalue weighted by atomic mass is 9.95. The van der Waals surface area contributed by atoms with Crippen molar-refractivity contribution in [2.45, 2.75) is 18.8 Å². The van der Waals surface area contributed by atoms with E-state index in [0.29, 0.717) is 13.1 Å². The van der Waals surface area contributed by atoms with Crippen molar-refractivity contribution in [3.63, 3.8) is 0 Å². The highest BCUT2D eigenvalue weighted by atomic mass is 35.5. The number of aromatic nitrogens is 2. The number of para-hydroxylation sites is 2. The zero-order valence-electron chi connectivity index (χ0n) is 13.5. The van der Waals surface area contributed by atoms with Crippen LogP contribution in [0.3, 0.4) is 0 Å². The van der Waals surface area contributed by atoms with Gasteiger partial charge in [0.15, 0.2) is 0 Å². The summed E-state index contributed by atoms with van der Waals surface area (Å²) in [6.45, 7) is 1.17. The number of nitrogens with one attached hydrogen (secondary N) is 1. The van der Waals surface area contributed by atoms with Gasteiger partial charge in [0, 0.05) is 24.0 Å². The molecule has 1 aromatic heterocycles. The Morgan fingerprint density at radius 1 is 1.20 bits per heavy atom. The highest BCUT2D eigenvalue weighted by molar-refractivity contribution is 6.30. The van der Waals surface area contributed by atoms with Crippen LogP contribution in [0.2, 0.25) is 5.02 Å². The van der Waals surface area contributed by atoms with E-state index in [-0.39, 0.29) is 22.4 Å². The second kappa shape index (κ2) is 6.48. The quantitative estimate of drug-likeness (QED) is 0.740. The van der Waals surface area contributed by atoms with E-state index in [9.17, 15) is 9.18 Å². The molecule has 0 radical (unpaired) electrons. The lowest BCUT2D eigenvalue weighted by molar-refractivity contribution is 0.0706. The Kier molecular flexibility index (Phi) is 4.17. The average molecular weight is 358 g/mol. The van der Waals surface area contributed by atoms with Gasteiger partial charge < -0.3 is 9.88 Å². The van der Waals surface area contributed by atoms with E-state index < -0.39 is 5.82 Å². The summed E-state index contributed by atoms with van der Waals surface area (Å²) in [4.78, 5) is 22.3. The number of piperidine rings is 1. The number of halogens is 2. The largest absolute Gasteiger partial charge is 0.342 e. The molecule has 0 saturated carbocycles. The average Bonchev–Trinajstić information content (AvgIpc) is 3.05. The molecule has 0 bridgehead atoms. The second-order valence-electron chi connectivity index (χ2n) is 6.33. The van der Waals surface area contributed by atoms with Crippen LogP contribution in [0.4, 0.5) is 4.39 Å². The van der Waals surface area contributed by atoms with Crippen molar-refractivity contribution in [2.24, 2.45) is 0 Å². The maximum Gasteiger partial charge on any atom is 0.256 e. The molecule has 25 heavy (non-hydrogen) atoms. The molecule has 1 N–H and O–H groups in total. The summed E-state index contributed by atoms with van der Waals surface area (Å²) in [6, 6.07) is 12.1. The highest BCUT2D eigenvalue weighted by Crippen LogP contribution is 2.28. The number of aromatic amines is 1. The molecule has 1 aliphatic heterocycles. The van der Waals surface area contributed by atoms with E-state index in [2.05, 4.69) is 9.97 Å². The predicted molar refractivity (Wildman–Crippen MR) is 95.4 cm³/mol. The van der Waals surface area contributed by atoms with Gasteiger partial charge in [0.1, 0.15) is 11.6 Å². The maximum absolute atomic E-state index is 14.0. The summed E-state index contributed by atoms with van der Waals surface area (Å²) in [7, 11) is 0. The Bertz CT molecular complexity index is 898. The number of likely N-dealkylation sites (tertiary alicyclic amines) is 1. The van der Waals surface area contributed by atoms with Gasteiger partial charge in [-0.05, 0) is 43.2 Å². The molecule has 2 aromatic carbocycles. The first-order valence-electron chi connectivity index (χ1n) is 8.31. The van der Waals surface area contributed by atoms with E-state index in [1.165, 1.54) is 12.1 Å². The minimum Gasteiger partial charge on any atom is -0.342 e. The number of carbonyl (C=O) groups excluding carboxylic acids is 1. The molecular formula is C19H17ClFN3O. The molecule has 1 saturated heterocycles. The third-order valence-electron chi connectivity index (χ3n) is 4.74. The van der Waals surface area contributed by atoms with Crippen LogP contribution in [-0.2, 0) is 0 Å². The lowest BCUT2D eigenvalue weighted by Gasteiger charge is -2.31. The number of carbonyl (C=O) groups is 1. The Hall–Kier alpha value is -2.40. The normalized spacial score (nSPS) is 15.7. The number of imidazole rings is 1. The van der Waals surface area contributed by atoms with E-state index in [0.717, 1.165) is 29.7 Å². The fourth-order valence-corrected chi connectivity index (χ4v) is 3.51. The molecule has 4 rings (SSSR count). The van der Waals surface area contributed by atoms with Crippen LogP contribution in [0.15, 0.2) is 42.5 Å². The molecule has 0 atom stereocenters. The molecule has 1 amide bonds. The zero-order valence-corrected chi connectivity index (χ0v) is 14.3. The van der Waals surface area contributed by atoms with Crippen molar-refractivity contribution in [3.8, 4) is 0 Å². The second-order valence-corrected chi connectivity index (χ2v) is 6.77. The van der Waals surface area contributed by atoms with Gasteiger partial charge in [-0.2, -0.15) is 0 Å². The minimum atomic E-state index is -0.572. The molecule has 128 valence electrons. The molecule has 1 fully saturated rings. The van der Waals surface area contributed by atoms with Gasteiger partial charge in [0.25, 0.3) is 5.91 Å². The van der Waals surface area contributed by atoms with Crippen molar-refractivity contribution >= 4 is 28.5 Å². The molecule has 1 aliphatic rings. The van der Waals surface area contributed by atoms with Gasteiger partial charge >= 0.3 is 0 Å². The third-order valence-corrected chi connectivity index (χ3v) is 4.97. The van der Waals surface area contributed by atoms with E-state index >= 15 is 0 Å². The van der Waals surface area contributed by atoms with Gasteiger partial charge in [-0.1, -0.05) is 23.7 Å². The zero-order chi connectivity index (χ0) is 17.4. The van der Waals surface area contributed by atoms with Crippen molar-refractivity contribution in [2.75, 3.05) is 13.1 Å². The molecule has 6 heteroatoms. The van der Waals surface area contributed by atoms with Crippen molar-refractivity contribution < 1.29 is 9.18 Å². The smallest absolute Gasteiger partial charge is 0.256 e. The van der Waals surface area contributed by atoms with Gasteiger partial charge in [-0.25, -0.2) is 9.37 Å². The minimum absolute atomic E-state index is 0.0755. The van der Waals surface area contributed by atoms with E-state index in [4.69, 9.17) is 11.6 Å². The molecule has 0 unspecified atom stereocenters. The van der Waals surface area contributed by atoms with Crippen LogP contribution in [0.25, 0.3) is 11.0 Å². The standard InChI is InChI=1S/C19H17ClFN3O/c20-13-5-6-14(15(21)11-13)19(25)24-9-7-12(8-10-24)18-22-16-3-1-2-4-17(16)23-18/h1-6,11-12H,7-10H2,(H,22,23). The van der Waals surface area contributed by atoms with Crippen LogP contribution in [0.1, 0.15) is 34.9 Å². The number of nitrogens with zero attached hydrogens (tertiary/aromatic N) is 2. The topological polar surface area (TPSA) is 49.0 Å². The summed E-state index contributed by atoms with van der Waals surface area (Å²) in [5.41, 5.74) is 2.06. The molecular weight excluding hydrogens is 341 g/mol. The predicted octanol–water partition coefficient (Wildman–Crippen LogP) is 4.38. The SMILES string of the molecule is O=C(c1ccc(Cl)cc1F)N1CCC(c2nc3ccccc3[nH]2)CC1. The van der Waals surface area contributed by atoms with E-state index in [1.54, 1.807) is 11.0 Å². The third kappa shape index (κ3) is 3.12. The lowest BCUT2D eigenvalue weighted by Crippen LogP contribution is -2.38. The summed E-state index contributed by atoms with van der Waals surface area (Å²) in [5, 5.41) is 0.289. The van der Waals surface area contributed by atoms with Crippen LogP contribution in [-0.4, -0.2) is 33.9 Å². The Morgan fingerprint density at radius 3 is 2.68 bits per heavy atom. The van der Waals surface area contributed by atoms with Gasteiger partial charge in [0.2, 0.25) is 0 Å². The van der Waals surface area contributed by atoms with Crippen LogP contribution < -0.4 is 0 Å². The number of hydrogen-bond donors (Lipinski definition) is 1. The maximum atomic E-state index is 14.0. The number of hydrogen-bond acceptors (Lipinski definition) is 2. The number of rotatable bonds is 2. The van der Waals surface area contributed by atoms with Crippen molar-refractivity contribution in [3.05, 3.63) is 64.7 Å². The summed E-state index contributed by atoms with van der Waals surface area (Å²) in [5.74, 6) is 0.395. The summed E-state index contributed by atoms with van der Waals surface area (Å²) >= 11 is 5.75. The first-order chi connectivity index (χ1) is 12.1. The fourth-order valence-electron chi connectivity index (χ4n) is 3.36. The number of amides is 1. The first-order valence-corrected chi connectivity index (χ1v) is 8.68. The van der Waals surface area contributed by atoms with Gasteiger partial charge in [0.05, 0.1) is 16.6 Å². The summed E-state index contributed by atoms with van der Waals surface area (Å²) < 4.78 is 14.0. The van der Waals surface area contributed by atoms with E-state index in [1.807, 2.05) is 24.3 Å². The highest BCUT2D eigenvalue weighted by Gasteiger charge is 2.27. The molecule has 4 nitrogen and oxygen atoms in total. The van der Waals surface area contributed by atoms with Gasteiger partial charge in [-0.3, -0.25) is 4.79 Å². The van der Waals surface area contributed by atoms with Crippen molar-refractivity contribution in [1.82, 2.24) is 14.9 Å². The fraction of sp³-hybridized carbons (Fsp3) is 0.263. The monoisotopic (exact) mass is 357 g/mol. The number of benzene rings is 2. The van der Waals surface area contributed by atoms with Crippen LogP contribution in [0.5, 0.6) is 0 Å².